The second-order valence-electron chi connectivity index (χ2n) is 5.90. The third kappa shape index (κ3) is 6.06. The maximum absolute atomic E-state index is 13.8. The van der Waals surface area contributed by atoms with Crippen molar-refractivity contribution < 1.29 is 17.6 Å². The lowest BCUT2D eigenvalue weighted by Crippen LogP contribution is -2.15. The first-order chi connectivity index (χ1) is 13.8. The van der Waals surface area contributed by atoms with Crippen molar-refractivity contribution in [1.82, 2.24) is 0 Å². The molecule has 1 amide bonds. The SMILES string of the molecule is O=C(CSc1ccc(NS(=O)(=O)c2ccccc2)cc1)Nc1ccc(Br)cc1F. The zero-order valence-corrected chi connectivity index (χ0v) is 18.2. The molecule has 0 saturated heterocycles. The average molecular weight is 495 g/mol. The lowest BCUT2D eigenvalue weighted by molar-refractivity contribution is -0.113. The van der Waals surface area contributed by atoms with Gasteiger partial charge in [0.1, 0.15) is 5.82 Å². The van der Waals surface area contributed by atoms with Gasteiger partial charge in [0.15, 0.2) is 0 Å². The van der Waals surface area contributed by atoms with Gasteiger partial charge in [-0.3, -0.25) is 9.52 Å². The number of hydrogen-bond acceptors (Lipinski definition) is 4. The predicted octanol–water partition coefficient (Wildman–Crippen LogP) is 5.12. The maximum Gasteiger partial charge on any atom is 0.261 e. The highest BCUT2D eigenvalue weighted by Gasteiger charge is 2.13. The summed E-state index contributed by atoms with van der Waals surface area (Å²) in [6, 6.07) is 19.1. The van der Waals surface area contributed by atoms with E-state index in [9.17, 15) is 17.6 Å². The number of amides is 1. The predicted molar refractivity (Wildman–Crippen MR) is 117 cm³/mol. The second kappa shape index (κ2) is 9.43. The number of hydrogen-bond donors (Lipinski definition) is 2. The van der Waals surface area contributed by atoms with E-state index in [1.807, 2.05) is 0 Å². The Bertz CT molecular complexity index is 1110. The van der Waals surface area contributed by atoms with Crippen molar-refractivity contribution in [3.8, 4) is 0 Å². The average Bonchev–Trinajstić information content (AvgIpc) is 2.70. The van der Waals surface area contributed by atoms with Crippen LogP contribution in [-0.4, -0.2) is 20.1 Å². The van der Waals surface area contributed by atoms with E-state index in [0.717, 1.165) is 4.90 Å². The van der Waals surface area contributed by atoms with Crippen molar-refractivity contribution in [2.75, 3.05) is 15.8 Å². The molecule has 2 N–H and O–H groups in total. The van der Waals surface area contributed by atoms with Gasteiger partial charge in [0, 0.05) is 15.1 Å². The van der Waals surface area contributed by atoms with Gasteiger partial charge < -0.3 is 5.32 Å². The van der Waals surface area contributed by atoms with Crippen LogP contribution in [0, 0.1) is 5.82 Å². The summed E-state index contributed by atoms with van der Waals surface area (Å²) in [5.74, 6) is -0.775. The lowest BCUT2D eigenvalue weighted by atomic mass is 10.3. The van der Waals surface area contributed by atoms with Crippen LogP contribution in [-0.2, 0) is 14.8 Å². The van der Waals surface area contributed by atoms with Gasteiger partial charge in [-0.25, -0.2) is 12.8 Å². The Labute approximate surface area is 180 Å². The van der Waals surface area contributed by atoms with Crippen LogP contribution in [0.25, 0.3) is 0 Å². The summed E-state index contributed by atoms with van der Waals surface area (Å²) in [5.41, 5.74) is 0.532. The van der Waals surface area contributed by atoms with Crippen LogP contribution in [0.1, 0.15) is 0 Å². The Morgan fingerprint density at radius 3 is 2.34 bits per heavy atom. The van der Waals surface area contributed by atoms with Crippen LogP contribution in [0.3, 0.4) is 0 Å². The first kappa shape index (κ1) is 21.4. The molecule has 0 aromatic heterocycles. The molecule has 0 saturated carbocycles. The van der Waals surface area contributed by atoms with Crippen molar-refractivity contribution in [2.45, 2.75) is 9.79 Å². The first-order valence-electron chi connectivity index (χ1n) is 8.39. The van der Waals surface area contributed by atoms with Crippen LogP contribution in [0.15, 0.2) is 87.1 Å². The molecule has 0 atom stereocenters. The number of carbonyl (C=O) groups is 1. The van der Waals surface area contributed by atoms with Crippen LogP contribution >= 0.6 is 27.7 Å². The largest absolute Gasteiger partial charge is 0.323 e. The number of thioether (sulfide) groups is 1. The molecule has 0 heterocycles. The topological polar surface area (TPSA) is 75.3 Å². The number of benzene rings is 3. The van der Waals surface area contributed by atoms with Gasteiger partial charge in [-0.05, 0) is 54.6 Å². The van der Waals surface area contributed by atoms with Gasteiger partial charge in [0.2, 0.25) is 5.91 Å². The summed E-state index contributed by atoms with van der Waals surface area (Å²) in [6.07, 6.45) is 0. The minimum atomic E-state index is -3.65. The van der Waals surface area contributed by atoms with E-state index < -0.39 is 15.8 Å². The Hall–Kier alpha value is -2.36. The molecule has 0 bridgehead atoms. The standard InChI is InChI=1S/C20H16BrFN2O3S2/c21-14-6-11-19(18(22)12-14)23-20(25)13-28-16-9-7-15(8-10-16)24-29(26,27)17-4-2-1-3-5-17/h1-12,24H,13H2,(H,23,25). The highest BCUT2D eigenvalue weighted by molar-refractivity contribution is 9.10. The van der Waals surface area contributed by atoms with Gasteiger partial charge in [-0.2, -0.15) is 0 Å². The molecule has 0 spiro atoms. The van der Waals surface area contributed by atoms with Crippen molar-refractivity contribution in [2.24, 2.45) is 0 Å². The van der Waals surface area contributed by atoms with E-state index in [-0.39, 0.29) is 22.2 Å². The summed E-state index contributed by atoms with van der Waals surface area (Å²) in [6.45, 7) is 0. The van der Waals surface area contributed by atoms with Gasteiger partial charge in [-0.15, -0.1) is 11.8 Å². The van der Waals surface area contributed by atoms with E-state index in [0.29, 0.717) is 10.2 Å². The highest BCUT2D eigenvalue weighted by Crippen LogP contribution is 2.23. The van der Waals surface area contributed by atoms with E-state index >= 15 is 0 Å². The molecule has 3 rings (SSSR count). The minimum absolute atomic E-state index is 0.0879. The number of carbonyl (C=O) groups excluding carboxylic acids is 1. The molecule has 3 aromatic carbocycles. The van der Waals surface area contributed by atoms with Gasteiger partial charge in [-0.1, -0.05) is 34.1 Å². The smallest absolute Gasteiger partial charge is 0.261 e. The Morgan fingerprint density at radius 1 is 1.00 bits per heavy atom. The minimum Gasteiger partial charge on any atom is -0.323 e. The summed E-state index contributed by atoms with van der Waals surface area (Å²) >= 11 is 4.42. The van der Waals surface area contributed by atoms with Crippen molar-refractivity contribution >= 4 is 55.0 Å². The van der Waals surface area contributed by atoms with Crippen LogP contribution in [0.2, 0.25) is 0 Å². The van der Waals surface area contributed by atoms with Crippen LogP contribution in [0.5, 0.6) is 0 Å². The molecule has 29 heavy (non-hydrogen) atoms. The van der Waals surface area contributed by atoms with Gasteiger partial charge in [0.25, 0.3) is 10.0 Å². The number of sulfonamides is 1. The lowest BCUT2D eigenvalue weighted by Gasteiger charge is -2.09. The Morgan fingerprint density at radius 2 is 1.69 bits per heavy atom. The molecule has 5 nitrogen and oxygen atoms in total. The maximum atomic E-state index is 13.8. The summed E-state index contributed by atoms with van der Waals surface area (Å²) < 4.78 is 41.5. The number of rotatable bonds is 7. The van der Waals surface area contributed by atoms with Crippen molar-refractivity contribution in [3.05, 3.63) is 83.1 Å². The van der Waals surface area contributed by atoms with E-state index in [1.165, 1.54) is 36.0 Å². The van der Waals surface area contributed by atoms with Crippen molar-refractivity contribution in [1.29, 1.82) is 0 Å². The highest BCUT2D eigenvalue weighted by atomic mass is 79.9. The zero-order valence-electron chi connectivity index (χ0n) is 14.9. The monoisotopic (exact) mass is 494 g/mol. The van der Waals surface area contributed by atoms with E-state index in [1.54, 1.807) is 48.5 Å². The molecule has 0 unspecified atom stereocenters. The van der Waals surface area contributed by atoms with Crippen molar-refractivity contribution in [3.63, 3.8) is 0 Å². The Balaban J connectivity index is 1.56. The zero-order chi connectivity index (χ0) is 20.9. The van der Waals surface area contributed by atoms with Crippen LogP contribution in [0.4, 0.5) is 15.8 Å². The normalized spacial score (nSPS) is 11.1. The molecule has 0 radical (unpaired) electrons. The molecule has 0 aliphatic heterocycles. The Kier molecular flexibility index (Phi) is 6.94. The fourth-order valence-corrected chi connectivity index (χ4v) is 4.47. The molecule has 150 valence electrons. The first-order valence-corrected chi connectivity index (χ1v) is 11.7. The van der Waals surface area contributed by atoms with Gasteiger partial charge in [0.05, 0.1) is 16.3 Å². The molecule has 0 aliphatic carbocycles. The molecule has 0 fully saturated rings. The number of nitrogens with one attached hydrogen (secondary N) is 2. The third-order valence-electron chi connectivity index (χ3n) is 3.74. The molecular weight excluding hydrogens is 479 g/mol. The number of halogens is 2. The quantitative estimate of drug-likeness (QED) is 0.447. The molecule has 3 aromatic rings. The second-order valence-corrected chi connectivity index (χ2v) is 9.55. The van der Waals surface area contributed by atoms with E-state index in [2.05, 4.69) is 26.0 Å². The summed E-state index contributed by atoms with van der Waals surface area (Å²) in [7, 11) is -3.65. The van der Waals surface area contributed by atoms with Crippen LogP contribution < -0.4 is 10.0 Å². The fraction of sp³-hybridized carbons (Fsp3) is 0.0500. The molecule has 9 heteroatoms. The third-order valence-corrected chi connectivity index (χ3v) is 6.64. The summed E-state index contributed by atoms with van der Waals surface area (Å²) in [4.78, 5) is 13.0. The molecule has 0 aliphatic rings. The van der Waals surface area contributed by atoms with Gasteiger partial charge >= 0.3 is 0 Å². The fourth-order valence-electron chi connectivity index (χ4n) is 2.36. The molecular formula is C20H16BrFN2O3S2. The summed E-state index contributed by atoms with van der Waals surface area (Å²) in [5, 5.41) is 2.52. The van der Waals surface area contributed by atoms with E-state index in [4.69, 9.17) is 0 Å². The number of anilines is 2.